The van der Waals surface area contributed by atoms with Crippen molar-refractivity contribution in [2.24, 2.45) is 28.6 Å². The van der Waals surface area contributed by atoms with Gasteiger partial charge >= 0.3 is 7.82 Å². The summed E-state index contributed by atoms with van der Waals surface area (Å²) in [7, 11) is -4.84. The monoisotopic (exact) mass is 454 g/mol. The minimum absolute atomic E-state index is 0.0237. The number of fused-ring (bicyclic) bond motifs is 5. The quantitative estimate of drug-likeness (QED) is 0.473. The average Bonchev–Trinajstić information content (AvgIpc) is 2.92. The fourth-order valence-corrected chi connectivity index (χ4v) is 7.69. The van der Waals surface area contributed by atoms with E-state index in [0.717, 1.165) is 24.0 Å². The highest BCUT2D eigenvalue weighted by atomic mass is 31.2. The summed E-state index contributed by atoms with van der Waals surface area (Å²) in [6.07, 6.45) is 4.96. The molecule has 0 aliphatic heterocycles. The van der Waals surface area contributed by atoms with Gasteiger partial charge in [0.1, 0.15) is 12.2 Å². The van der Waals surface area contributed by atoms with Crippen molar-refractivity contribution in [2.75, 3.05) is 6.61 Å². The van der Waals surface area contributed by atoms with Crippen molar-refractivity contribution in [3.8, 4) is 0 Å². The van der Waals surface area contributed by atoms with Gasteiger partial charge in [0.15, 0.2) is 11.6 Å². The molecule has 0 spiro atoms. The van der Waals surface area contributed by atoms with E-state index in [1.54, 1.807) is 19.1 Å². The predicted octanol–water partition coefficient (Wildman–Crippen LogP) is 2.06. The highest BCUT2D eigenvalue weighted by molar-refractivity contribution is 7.46. The van der Waals surface area contributed by atoms with Crippen LogP contribution in [0.15, 0.2) is 23.3 Å². The number of phosphoric ester groups is 1. The van der Waals surface area contributed by atoms with Crippen molar-refractivity contribution >= 4 is 19.4 Å². The third-order valence-electron chi connectivity index (χ3n) is 9.01. The topological polar surface area (TPSA) is 141 Å². The van der Waals surface area contributed by atoms with Crippen LogP contribution in [0.25, 0.3) is 0 Å². The number of phosphoric acid groups is 1. The number of ketones is 2. The number of rotatable bonds is 4. The SMILES string of the molecule is CC1=CC(=O)C=C2CC[C@@H]3[C@H](C(O)C[C@@]4(C)[C@H]3CC[C@]4(O)C(=O)COP(=O)(O)O)[C@@]12C. The fraction of sp³-hybridized carbons (Fsp3) is 0.727. The van der Waals surface area contributed by atoms with Gasteiger partial charge in [0, 0.05) is 16.7 Å². The van der Waals surface area contributed by atoms with Crippen LogP contribution in [0.2, 0.25) is 0 Å². The first-order valence-corrected chi connectivity index (χ1v) is 12.3. The van der Waals surface area contributed by atoms with Gasteiger partial charge in [-0.2, -0.15) is 0 Å². The minimum atomic E-state index is -4.84. The van der Waals surface area contributed by atoms with Crippen LogP contribution in [0.3, 0.4) is 0 Å². The van der Waals surface area contributed by atoms with E-state index in [4.69, 9.17) is 9.79 Å². The van der Waals surface area contributed by atoms with Crippen molar-refractivity contribution in [1.82, 2.24) is 0 Å². The Labute approximate surface area is 181 Å². The van der Waals surface area contributed by atoms with Crippen LogP contribution in [-0.4, -0.2) is 49.9 Å². The highest BCUT2D eigenvalue weighted by Crippen LogP contribution is 2.68. The Morgan fingerprint density at radius 3 is 2.58 bits per heavy atom. The van der Waals surface area contributed by atoms with E-state index in [-0.39, 0.29) is 36.4 Å². The molecule has 7 atom stereocenters. The number of carbonyl (C=O) groups is 2. The van der Waals surface area contributed by atoms with Crippen LogP contribution in [0.4, 0.5) is 0 Å². The van der Waals surface area contributed by atoms with Crippen molar-refractivity contribution in [2.45, 2.75) is 64.6 Å². The van der Waals surface area contributed by atoms with Crippen LogP contribution in [-0.2, 0) is 18.7 Å². The first kappa shape index (κ1) is 23.0. The van der Waals surface area contributed by atoms with E-state index in [1.165, 1.54) is 0 Å². The van der Waals surface area contributed by atoms with Gasteiger partial charge in [-0.1, -0.05) is 25.0 Å². The Morgan fingerprint density at radius 1 is 1.26 bits per heavy atom. The Balaban J connectivity index is 1.67. The molecular formula is C22H31O8P. The van der Waals surface area contributed by atoms with Crippen LogP contribution in [0, 0.1) is 28.6 Å². The number of aliphatic hydroxyl groups excluding tert-OH is 1. The summed E-state index contributed by atoms with van der Waals surface area (Å²) in [5.74, 6) is -0.887. The molecule has 0 heterocycles. The van der Waals surface area contributed by atoms with Gasteiger partial charge in [-0.3, -0.25) is 14.1 Å². The lowest BCUT2D eigenvalue weighted by molar-refractivity contribution is -0.178. The number of aliphatic hydroxyl groups is 2. The van der Waals surface area contributed by atoms with Crippen LogP contribution in [0.1, 0.15) is 52.9 Å². The molecular weight excluding hydrogens is 423 g/mol. The second kappa shape index (κ2) is 7.17. The summed E-state index contributed by atoms with van der Waals surface area (Å²) in [5, 5.41) is 22.8. The largest absolute Gasteiger partial charge is 0.470 e. The molecule has 0 amide bonds. The molecule has 1 unspecified atom stereocenters. The molecule has 172 valence electrons. The maximum absolute atomic E-state index is 12.9. The second-order valence-corrected chi connectivity index (χ2v) is 11.5. The lowest BCUT2D eigenvalue weighted by atomic mass is 9.45. The van der Waals surface area contributed by atoms with Crippen molar-refractivity contribution in [3.05, 3.63) is 23.3 Å². The molecule has 4 aliphatic carbocycles. The summed E-state index contributed by atoms with van der Waals surface area (Å²) in [6.45, 7) is 4.95. The van der Waals surface area contributed by atoms with Gasteiger partial charge in [0.2, 0.25) is 0 Å². The molecule has 0 aromatic heterocycles. The Bertz CT molecular complexity index is 934. The molecule has 4 aliphatic rings. The second-order valence-electron chi connectivity index (χ2n) is 10.2. The standard InChI is InChI=1S/C22H31O8P/c1-12-8-14(23)9-13-4-5-15-16-6-7-22(26,18(25)11-30-31(27,28)29)20(16,2)10-17(24)19(15)21(12,13)3/h8-9,15-17,19,24,26H,4-7,10-11H2,1-3H3,(H2,27,28,29)/t15-,16-,17?,19+,20-,21-,22-/m0/s1. The number of carbonyl (C=O) groups excluding carboxylic acids is 2. The molecule has 0 radical (unpaired) electrons. The van der Waals surface area contributed by atoms with Gasteiger partial charge in [0.25, 0.3) is 0 Å². The van der Waals surface area contributed by atoms with Crippen LogP contribution >= 0.6 is 7.82 Å². The Hall–Kier alpha value is -1.15. The van der Waals surface area contributed by atoms with Crippen LogP contribution in [0.5, 0.6) is 0 Å². The summed E-state index contributed by atoms with van der Waals surface area (Å²) in [5.41, 5.74) is -1.20. The van der Waals surface area contributed by atoms with Crippen molar-refractivity contribution < 1.29 is 38.7 Å². The fourth-order valence-electron chi connectivity index (χ4n) is 7.40. The molecule has 4 rings (SSSR count). The van der Waals surface area contributed by atoms with E-state index in [2.05, 4.69) is 11.4 Å². The smallest absolute Gasteiger partial charge is 0.393 e. The first-order chi connectivity index (χ1) is 14.2. The molecule has 0 aromatic rings. The molecule has 3 saturated carbocycles. The molecule has 0 saturated heterocycles. The zero-order valence-electron chi connectivity index (χ0n) is 18.1. The highest BCUT2D eigenvalue weighted by Gasteiger charge is 2.68. The third-order valence-corrected chi connectivity index (χ3v) is 9.47. The average molecular weight is 454 g/mol. The number of allylic oxidation sites excluding steroid dienone is 4. The van der Waals surface area contributed by atoms with Gasteiger partial charge in [-0.25, -0.2) is 4.57 Å². The maximum Gasteiger partial charge on any atom is 0.470 e. The Morgan fingerprint density at radius 2 is 1.94 bits per heavy atom. The maximum atomic E-state index is 12.9. The number of Topliss-reactive ketones (excluding diaryl/α,β-unsaturated/α-hetero) is 1. The van der Waals surface area contributed by atoms with Gasteiger partial charge in [-0.05, 0) is 63.0 Å². The molecule has 0 bridgehead atoms. The van der Waals surface area contributed by atoms with Gasteiger partial charge in [-0.15, -0.1) is 0 Å². The molecule has 4 N–H and O–H groups in total. The number of hydrogen-bond acceptors (Lipinski definition) is 6. The van der Waals surface area contributed by atoms with E-state index < -0.39 is 42.7 Å². The van der Waals surface area contributed by atoms with E-state index in [1.807, 2.05) is 6.92 Å². The summed E-state index contributed by atoms with van der Waals surface area (Å²) in [4.78, 5) is 42.8. The van der Waals surface area contributed by atoms with E-state index >= 15 is 0 Å². The third kappa shape index (κ3) is 3.26. The molecule has 8 nitrogen and oxygen atoms in total. The summed E-state index contributed by atoms with van der Waals surface area (Å²) < 4.78 is 15.4. The van der Waals surface area contributed by atoms with Gasteiger partial charge < -0.3 is 20.0 Å². The normalized spacial score (nSPS) is 44.7. The lowest BCUT2D eigenvalue weighted by Crippen LogP contribution is -2.62. The van der Waals surface area contributed by atoms with E-state index in [9.17, 15) is 24.4 Å². The zero-order valence-corrected chi connectivity index (χ0v) is 19.0. The molecule has 0 aromatic carbocycles. The van der Waals surface area contributed by atoms with E-state index in [0.29, 0.717) is 6.42 Å². The van der Waals surface area contributed by atoms with Crippen molar-refractivity contribution in [3.63, 3.8) is 0 Å². The minimum Gasteiger partial charge on any atom is -0.393 e. The lowest BCUT2D eigenvalue weighted by Gasteiger charge is -2.60. The molecule has 3 fully saturated rings. The van der Waals surface area contributed by atoms with Crippen molar-refractivity contribution in [1.29, 1.82) is 0 Å². The molecule has 31 heavy (non-hydrogen) atoms. The summed E-state index contributed by atoms with van der Waals surface area (Å²) in [6, 6.07) is 0. The predicted molar refractivity (Wildman–Crippen MR) is 111 cm³/mol. The zero-order chi connectivity index (χ0) is 23.0. The number of hydrogen-bond donors (Lipinski definition) is 4. The first-order valence-electron chi connectivity index (χ1n) is 10.8. The van der Waals surface area contributed by atoms with Crippen LogP contribution < -0.4 is 0 Å². The Kier molecular flexibility index (Phi) is 5.33. The summed E-state index contributed by atoms with van der Waals surface area (Å²) >= 11 is 0. The molecule has 9 heteroatoms. The van der Waals surface area contributed by atoms with Gasteiger partial charge in [0.05, 0.1) is 6.10 Å².